The Balaban J connectivity index is 1.54. The third-order valence-electron chi connectivity index (χ3n) is 9.50. The first kappa shape index (κ1) is 28.8. The number of carbonyl (C=O) groups is 1. The minimum atomic E-state index is -1.56. The van der Waals surface area contributed by atoms with Gasteiger partial charge >= 0.3 is 0 Å². The third-order valence-corrected chi connectivity index (χ3v) is 9.76. The summed E-state index contributed by atoms with van der Waals surface area (Å²) in [6.07, 6.45) is 9.24. The van der Waals surface area contributed by atoms with Gasteiger partial charge in [-0.2, -0.15) is 5.26 Å². The highest BCUT2D eigenvalue weighted by atomic mass is 35.5. The normalized spacial score (nSPS) is 22.4. The van der Waals surface area contributed by atoms with Crippen LogP contribution >= 0.6 is 11.6 Å². The van der Waals surface area contributed by atoms with Crippen LogP contribution in [0.4, 0.5) is 4.39 Å². The summed E-state index contributed by atoms with van der Waals surface area (Å²) in [6, 6.07) is 15.5. The van der Waals surface area contributed by atoms with Gasteiger partial charge in [-0.05, 0) is 86.4 Å². The molecule has 2 aromatic carbocycles. The topological polar surface area (TPSA) is 86.5 Å². The van der Waals surface area contributed by atoms with Crippen LogP contribution in [-0.2, 0) is 22.6 Å². The van der Waals surface area contributed by atoms with E-state index in [4.69, 9.17) is 16.3 Å². The Morgan fingerprint density at radius 1 is 1.12 bits per heavy atom. The second-order valence-electron chi connectivity index (χ2n) is 11.9. The summed E-state index contributed by atoms with van der Waals surface area (Å²) in [6.45, 7) is 1.95. The average molecular weight is 588 g/mol. The number of nitrogens with zero attached hydrogens (tertiary/aromatic N) is 3. The molecule has 3 aromatic rings. The van der Waals surface area contributed by atoms with E-state index in [9.17, 15) is 15.2 Å². The van der Waals surface area contributed by atoms with Gasteiger partial charge < -0.3 is 9.84 Å². The Morgan fingerprint density at radius 2 is 1.86 bits per heavy atom. The maximum absolute atomic E-state index is 16.8. The Morgan fingerprint density at radius 3 is 2.45 bits per heavy atom. The Labute approximate surface area is 251 Å². The molecule has 0 saturated heterocycles. The maximum atomic E-state index is 16.8. The minimum absolute atomic E-state index is 0.00333. The molecular formula is C34H35ClFN3O3. The van der Waals surface area contributed by atoms with Crippen LogP contribution in [0.15, 0.2) is 54.7 Å². The molecule has 2 fully saturated rings. The molecule has 1 aromatic heterocycles. The minimum Gasteiger partial charge on any atom is -0.385 e. The van der Waals surface area contributed by atoms with Crippen molar-refractivity contribution in [2.45, 2.75) is 88.7 Å². The molecule has 8 heteroatoms. The predicted molar refractivity (Wildman–Crippen MR) is 157 cm³/mol. The molecule has 1 N–H and O–H groups in total. The van der Waals surface area contributed by atoms with Crippen LogP contribution < -0.4 is 0 Å². The number of aliphatic hydroxyl groups is 1. The lowest BCUT2D eigenvalue weighted by molar-refractivity contribution is -0.169. The van der Waals surface area contributed by atoms with E-state index in [-0.39, 0.29) is 29.7 Å². The molecule has 2 heterocycles. The first-order valence-corrected chi connectivity index (χ1v) is 15.4. The highest BCUT2D eigenvalue weighted by Crippen LogP contribution is 2.51. The van der Waals surface area contributed by atoms with E-state index < -0.39 is 23.1 Å². The molecule has 6 rings (SSSR count). The van der Waals surface area contributed by atoms with Crippen molar-refractivity contribution < 1.29 is 19.0 Å². The van der Waals surface area contributed by atoms with Crippen molar-refractivity contribution in [3.05, 3.63) is 99.1 Å². The van der Waals surface area contributed by atoms with Gasteiger partial charge in [0.1, 0.15) is 11.9 Å². The smallest absolute Gasteiger partial charge is 0.257 e. The highest BCUT2D eigenvalue weighted by Gasteiger charge is 2.56. The zero-order chi connectivity index (χ0) is 29.5. The standard InChI is InChI=1S/C34H35ClFN3O3/c1-2-33(41,23-7-4-3-5-8-23)25-17-29-31(30(36)18-25)34(42-28-9-6-10-28,24-12-14-26(35)15-13-24)39(32(29)40)21-27-16-11-22(19-37)20-38-27/h11-18,20,23,28,41H,2-10,21H2,1H3/t33?,34-/m1/s1. The predicted octanol–water partition coefficient (Wildman–Crippen LogP) is 7.35. The molecule has 0 bridgehead atoms. The molecule has 1 aliphatic heterocycles. The number of halogens is 2. The van der Waals surface area contributed by atoms with Crippen LogP contribution in [0.5, 0.6) is 0 Å². The first-order valence-electron chi connectivity index (χ1n) is 15.0. The van der Waals surface area contributed by atoms with Crippen LogP contribution in [0.2, 0.25) is 5.02 Å². The number of fused-ring (bicyclic) bond motifs is 1. The fourth-order valence-electron chi connectivity index (χ4n) is 6.93. The van der Waals surface area contributed by atoms with Crippen molar-refractivity contribution in [2.75, 3.05) is 0 Å². The maximum Gasteiger partial charge on any atom is 0.257 e. The number of pyridine rings is 1. The summed E-state index contributed by atoms with van der Waals surface area (Å²) in [5, 5.41) is 21.8. The van der Waals surface area contributed by atoms with Crippen molar-refractivity contribution in [1.82, 2.24) is 9.88 Å². The number of benzene rings is 2. The molecule has 2 aliphatic carbocycles. The van der Waals surface area contributed by atoms with Crippen LogP contribution in [0.3, 0.4) is 0 Å². The van der Waals surface area contributed by atoms with Crippen LogP contribution in [-0.4, -0.2) is 27.0 Å². The molecule has 3 aliphatic rings. The number of carbonyl (C=O) groups excluding carboxylic acids is 1. The van der Waals surface area contributed by atoms with E-state index in [0.717, 1.165) is 51.4 Å². The van der Waals surface area contributed by atoms with Crippen molar-refractivity contribution in [3.8, 4) is 6.07 Å². The number of hydrogen-bond donors (Lipinski definition) is 1. The van der Waals surface area contributed by atoms with E-state index in [0.29, 0.717) is 33.8 Å². The van der Waals surface area contributed by atoms with Crippen LogP contribution in [0, 0.1) is 23.1 Å². The fourth-order valence-corrected chi connectivity index (χ4v) is 7.05. The lowest BCUT2D eigenvalue weighted by atomic mass is 9.71. The number of hydrogen-bond acceptors (Lipinski definition) is 5. The zero-order valence-corrected chi connectivity index (χ0v) is 24.5. The number of amides is 1. The molecule has 218 valence electrons. The molecule has 1 unspecified atom stereocenters. The number of ether oxygens (including phenoxy) is 1. The quantitative estimate of drug-likeness (QED) is 0.298. The van der Waals surface area contributed by atoms with Gasteiger partial charge in [-0.3, -0.25) is 14.7 Å². The van der Waals surface area contributed by atoms with Gasteiger partial charge in [0.25, 0.3) is 5.91 Å². The highest BCUT2D eigenvalue weighted by molar-refractivity contribution is 6.30. The molecule has 42 heavy (non-hydrogen) atoms. The van der Waals surface area contributed by atoms with Gasteiger partial charge in [-0.25, -0.2) is 4.39 Å². The van der Waals surface area contributed by atoms with E-state index >= 15 is 4.39 Å². The molecule has 2 atom stereocenters. The lowest BCUT2D eigenvalue weighted by Gasteiger charge is -2.44. The zero-order valence-electron chi connectivity index (χ0n) is 23.8. The number of nitriles is 1. The summed E-state index contributed by atoms with van der Waals surface area (Å²) in [7, 11) is 0. The second kappa shape index (κ2) is 11.4. The summed E-state index contributed by atoms with van der Waals surface area (Å²) in [4.78, 5) is 20.4. The average Bonchev–Trinajstić information content (AvgIpc) is 3.23. The summed E-state index contributed by atoms with van der Waals surface area (Å²) in [5.74, 6) is -0.979. The Bertz CT molecular complexity index is 1510. The van der Waals surface area contributed by atoms with Crippen molar-refractivity contribution in [1.29, 1.82) is 5.26 Å². The van der Waals surface area contributed by atoms with E-state index in [2.05, 4.69) is 11.1 Å². The lowest BCUT2D eigenvalue weighted by Crippen LogP contribution is -2.50. The summed E-state index contributed by atoms with van der Waals surface area (Å²) in [5.41, 5.74) is -0.485. The van der Waals surface area contributed by atoms with Crippen LogP contribution in [0.1, 0.15) is 103 Å². The Kier molecular flexibility index (Phi) is 7.82. The third kappa shape index (κ3) is 4.80. The summed E-state index contributed by atoms with van der Waals surface area (Å²) >= 11 is 6.26. The SMILES string of the molecule is CCC(O)(c1cc(F)c2c(c1)C(=O)N(Cc1ccc(C#N)cn1)[C@@]2(OC1CCC1)c1ccc(Cl)cc1)C1CCCCC1. The molecule has 6 nitrogen and oxygen atoms in total. The van der Waals surface area contributed by atoms with Gasteiger partial charge in [0.15, 0.2) is 0 Å². The molecular weight excluding hydrogens is 553 g/mol. The monoisotopic (exact) mass is 587 g/mol. The largest absolute Gasteiger partial charge is 0.385 e. The molecule has 2 saturated carbocycles. The van der Waals surface area contributed by atoms with Gasteiger partial charge in [-0.1, -0.05) is 49.9 Å². The van der Waals surface area contributed by atoms with Gasteiger partial charge in [0.05, 0.1) is 40.6 Å². The first-order chi connectivity index (χ1) is 20.3. The molecule has 1 amide bonds. The summed E-state index contributed by atoms with van der Waals surface area (Å²) < 4.78 is 23.6. The van der Waals surface area contributed by atoms with Gasteiger partial charge in [-0.15, -0.1) is 0 Å². The van der Waals surface area contributed by atoms with Gasteiger partial charge in [0, 0.05) is 16.8 Å². The van der Waals surface area contributed by atoms with E-state index in [1.807, 2.05) is 6.92 Å². The van der Waals surface area contributed by atoms with Crippen molar-refractivity contribution in [3.63, 3.8) is 0 Å². The van der Waals surface area contributed by atoms with E-state index in [1.54, 1.807) is 47.4 Å². The molecule has 0 spiro atoms. The number of aromatic nitrogens is 1. The second-order valence-corrected chi connectivity index (χ2v) is 12.3. The van der Waals surface area contributed by atoms with Crippen molar-refractivity contribution in [2.24, 2.45) is 5.92 Å². The van der Waals surface area contributed by atoms with Crippen LogP contribution in [0.25, 0.3) is 0 Å². The number of rotatable bonds is 8. The molecule has 0 radical (unpaired) electrons. The van der Waals surface area contributed by atoms with Gasteiger partial charge in [0.2, 0.25) is 5.72 Å². The Hall–Kier alpha value is -3.31. The van der Waals surface area contributed by atoms with E-state index in [1.165, 1.54) is 12.3 Å². The fraction of sp³-hybridized carbons (Fsp3) is 0.441. The van der Waals surface area contributed by atoms with Crippen molar-refractivity contribution >= 4 is 17.5 Å².